The number of allylic oxidation sites excluding steroid dienone is 1. The van der Waals surface area contributed by atoms with Crippen molar-refractivity contribution in [1.29, 1.82) is 0 Å². The lowest BCUT2D eigenvalue weighted by molar-refractivity contribution is -0.127. The maximum atomic E-state index is 12.0. The van der Waals surface area contributed by atoms with Crippen LogP contribution in [-0.4, -0.2) is 15.8 Å². The average molecular weight is 272 g/mol. The Balaban J connectivity index is 1.86. The van der Waals surface area contributed by atoms with Crippen LogP contribution in [0.2, 0.25) is 0 Å². The largest absolute Gasteiger partial charge is 0.306 e. The van der Waals surface area contributed by atoms with Gasteiger partial charge in [-0.3, -0.25) is 4.79 Å². The number of rotatable bonds is 0. The highest BCUT2D eigenvalue weighted by Crippen LogP contribution is 2.24. The number of aromatic nitrogens is 1. The normalized spacial score (nSPS) is 18.0. The third-order valence-corrected chi connectivity index (χ3v) is 4.38. The fraction of sp³-hybridized carbons (Fsp3) is 0.111. The summed E-state index contributed by atoms with van der Waals surface area (Å²) >= 11 is 0. The van der Waals surface area contributed by atoms with E-state index in [0.29, 0.717) is 13.0 Å². The van der Waals surface area contributed by atoms with Crippen molar-refractivity contribution < 1.29 is 4.79 Å². The Hall–Kier alpha value is -2.68. The molecule has 1 amide bonds. The van der Waals surface area contributed by atoms with E-state index in [1.54, 1.807) is 0 Å². The van der Waals surface area contributed by atoms with E-state index in [0.717, 1.165) is 27.5 Å². The molecule has 21 heavy (non-hydrogen) atoms. The molecule has 2 aliphatic heterocycles. The van der Waals surface area contributed by atoms with Gasteiger partial charge in [0.15, 0.2) is 0 Å². The van der Waals surface area contributed by atoms with Crippen molar-refractivity contribution in [1.82, 2.24) is 9.88 Å². The van der Waals surface area contributed by atoms with E-state index in [1.807, 2.05) is 17.1 Å². The number of pyridine rings is 1. The topological polar surface area (TPSA) is 33.2 Å². The van der Waals surface area contributed by atoms with Gasteiger partial charge in [0.2, 0.25) is 5.91 Å². The van der Waals surface area contributed by atoms with Crippen molar-refractivity contribution in [3.63, 3.8) is 0 Å². The molecule has 3 aliphatic rings. The molecule has 0 radical (unpaired) electrons. The molecular formula is C18H12N2O. The summed E-state index contributed by atoms with van der Waals surface area (Å²) in [6.07, 6.45) is 10.7. The first-order valence-electron chi connectivity index (χ1n) is 7.13. The van der Waals surface area contributed by atoms with Crippen LogP contribution in [0.25, 0.3) is 28.8 Å². The standard InChI is InChI=1S/C18H12N2O/c21-17-6-2-5-16-18-14(10-20(16)17)8-13-7-11-3-1-4-12(11)9-15(13)19-18/h1-5,7-9H,6,10H2. The van der Waals surface area contributed by atoms with Gasteiger partial charge in [0.25, 0.3) is 0 Å². The van der Waals surface area contributed by atoms with Crippen LogP contribution in [0.3, 0.4) is 0 Å². The molecule has 1 aromatic heterocycles. The van der Waals surface area contributed by atoms with Crippen LogP contribution in [-0.2, 0) is 11.3 Å². The number of nitrogens with zero attached hydrogens (tertiary/aromatic N) is 2. The maximum Gasteiger partial charge on any atom is 0.231 e. The van der Waals surface area contributed by atoms with Crippen molar-refractivity contribution >= 4 is 34.7 Å². The van der Waals surface area contributed by atoms with Crippen LogP contribution in [0.5, 0.6) is 0 Å². The molecule has 5 rings (SSSR count). The highest BCUT2D eigenvalue weighted by Gasteiger charge is 2.27. The molecule has 1 aromatic carbocycles. The van der Waals surface area contributed by atoms with Crippen LogP contribution in [0.4, 0.5) is 0 Å². The summed E-state index contributed by atoms with van der Waals surface area (Å²) in [5, 5.41) is 3.34. The molecule has 0 N–H and O–H groups in total. The Labute approximate surface area is 121 Å². The second kappa shape index (κ2) is 3.70. The summed E-state index contributed by atoms with van der Waals surface area (Å²) in [6, 6.07) is 6.48. The van der Waals surface area contributed by atoms with Crippen molar-refractivity contribution in [2.75, 3.05) is 0 Å². The van der Waals surface area contributed by atoms with E-state index in [-0.39, 0.29) is 5.91 Å². The first-order chi connectivity index (χ1) is 10.3. The average Bonchev–Trinajstić information content (AvgIpc) is 3.07. The summed E-state index contributed by atoms with van der Waals surface area (Å²) in [5.74, 6) is 0.160. The van der Waals surface area contributed by atoms with Gasteiger partial charge in [0, 0.05) is 17.4 Å². The summed E-state index contributed by atoms with van der Waals surface area (Å²) < 4.78 is 0. The number of hydrogen-bond donors (Lipinski definition) is 0. The fourth-order valence-corrected chi connectivity index (χ4v) is 3.34. The minimum absolute atomic E-state index is 0.160. The van der Waals surface area contributed by atoms with E-state index in [1.165, 1.54) is 10.8 Å². The summed E-state index contributed by atoms with van der Waals surface area (Å²) in [5.41, 5.74) is 4.30. The number of fused-ring (bicyclic) bond motifs is 4. The molecule has 100 valence electrons. The van der Waals surface area contributed by atoms with Gasteiger partial charge in [-0.15, -0.1) is 0 Å². The number of benzene rings is 1. The fourth-order valence-electron chi connectivity index (χ4n) is 3.34. The Morgan fingerprint density at radius 3 is 3.05 bits per heavy atom. The highest BCUT2D eigenvalue weighted by molar-refractivity contribution is 5.91. The lowest BCUT2D eigenvalue weighted by Crippen LogP contribution is -2.27. The van der Waals surface area contributed by atoms with Gasteiger partial charge in [-0.2, -0.15) is 0 Å². The van der Waals surface area contributed by atoms with Gasteiger partial charge in [-0.1, -0.05) is 24.3 Å². The first-order valence-corrected chi connectivity index (χ1v) is 7.13. The molecule has 0 saturated carbocycles. The van der Waals surface area contributed by atoms with Gasteiger partial charge < -0.3 is 4.90 Å². The molecule has 2 aromatic rings. The smallest absolute Gasteiger partial charge is 0.231 e. The third-order valence-electron chi connectivity index (χ3n) is 4.38. The van der Waals surface area contributed by atoms with Crippen LogP contribution >= 0.6 is 0 Å². The van der Waals surface area contributed by atoms with Gasteiger partial charge >= 0.3 is 0 Å². The first kappa shape index (κ1) is 11.0. The number of amides is 1. The molecule has 3 heterocycles. The number of carbonyl (C=O) groups excluding carboxylic acids is 1. The number of hydrogen-bond acceptors (Lipinski definition) is 2. The molecule has 0 spiro atoms. The van der Waals surface area contributed by atoms with E-state index in [4.69, 9.17) is 4.98 Å². The van der Waals surface area contributed by atoms with E-state index >= 15 is 0 Å². The van der Waals surface area contributed by atoms with E-state index in [2.05, 4.69) is 36.4 Å². The Kier molecular flexibility index (Phi) is 1.94. The monoisotopic (exact) mass is 272 g/mol. The number of carbonyl (C=O) groups is 1. The van der Waals surface area contributed by atoms with Crippen molar-refractivity contribution in [2.24, 2.45) is 0 Å². The van der Waals surface area contributed by atoms with Crippen LogP contribution in [0, 0.1) is 0 Å². The third kappa shape index (κ3) is 1.43. The molecule has 0 atom stereocenters. The van der Waals surface area contributed by atoms with Crippen LogP contribution in [0.1, 0.15) is 17.5 Å². The SMILES string of the molecule is O=C1CC=CC2=c3nc4cc5c(cc4cc3CN12)=CC=C5. The highest BCUT2D eigenvalue weighted by atomic mass is 16.2. The van der Waals surface area contributed by atoms with Crippen molar-refractivity contribution in [2.45, 2.75) is 13.0 Å². The molecule has 0 bridgehead atoms. The molecule has 0 fully saturated rings. The zero-order chi connectivity index (χ0) is 14.0. The predicted molar refractivity (Wildman–Crippen MR) is 82.2 cm³/mol. The molecule has 1 aliphatic carbocycles. The summed E-state index contributed by atoms with van der Waals surface area (Å²) in [4.78, 5) is 18.7. The second-order valence-electron chi connectivity index (χ2n) is 5.67. The Bertz CT molecular complexity index is 1010. The van der Waals surface area contributed by atoms with Gasteiger partial charge in [0.05, 0.1) is 23.1 Å². The van der Waals surface area contributed by atoms with Gasteiger partial charge in [0.1, 0.15) is 0 Å². The second-order valence-corrected chi connectivity index (χ2v) is 5.67. The Morgan fingerprint density at radius 2 is 2.10 bits per heavy atom. The van der Waals surface area contributed by atoms with Gasteiger partial charge in [-0.25, -0.2) is 4.98 Å². The molecule has 3 heteroatoms. The maximum absolute atomic E-state index is 12.0. The quantitative estimate of drug-likeness (QED) is 0.727. The minimum Gasteiger partial charge on any atom is -0.306 e. The van der Waals surface area contributed by atoms with E-state index < -0.39 is 0 Å². The van der Waals surface area contributed by atoms with Gasteiger partial charge in [-0.05, 0) is 35.1 Å². The molecular weight excluding hydrogens is 260 g/mol. The lowest BCUT2D eigenvalue weighted by atomic mass is 10.1. The van der Waals surface area contributed by atoms with Crippen molar-refractivity contribution in [3.05, 3.63) is 58.1 Å². The minimum atomic E-state index is 0.160. The molecule has 0 saturated heterocycles. The van der Waals surface area contributed by atoms with Crippen LogP contribution < -0.4 is 10.6 Å². The van der Waals surface area contributed by atoms with Crippen LogP contribution in [0.15, 0.2) is 36.4 Å². The zero-order valence-corrected chi connectivity index (χ0v) is 11.3. The summed E-state index contributed by atoms with van der Waals surface area (Å²) in [6.45, 7) is 0.649. The predicted octanol–water partition coefficient (Wildman–Crippen LogP) is 1.45. The molecule has 3 nitrogen and oxygen atoms in total. The Morgan fingerprint density at radius 1 is 1.14 bits per heavy atom. The molecule has 0 unspecified atom stereocenters. The lowest BCUT2D eigenvalue weighted by Gasteiger charge is -2.20. The zero-order valence-electron chi connectivity index (χ0n) is 11.3. The van der Waals surface area contributed by atoms with E-state index in [9.17, 15) is 4.79 Å². The summed E-state index contributed by atoms with van der Waals surface area (Å²) in [7, 11) is 0. The van der Waals surface area contributed by atoms with Crippen molar-refractivity contribution in [3.8, 4) is 0 Å².